The van der Waals surface area contributed by atoms with Gasteiger partial charge in [0.25, 0.3) is 0 Å². The topological polar surface area (TPSA) is 41.6 Å². The Labute approximate surface area is 134 Å². The molecule has 0 aromatic heterocycles. The number of nitrogens with one attached hydrogen (secondary N) is 1. The van der Waals surface area contributed by atoms with Gasteiger partial charge >= 0.3 is 5.97 Å². The van der Waals surface area contributed by atoms with E-state index in [9.17, 15) is 4.79 Å². The summed E-state index contributed by atoms with van der Waals surface area (Å²) in [4.78, 5) is 14.1. The van der Waals surface area contributed by atoms with E-state index >= 15 is 0 Å². The van der Waals surface area contributed by atoms with Crippen molar-refractivity contribution in [2.75, 3.05) is 32.8 Å². The van der Waals surface area contributed by atoms with E-state index in [4.69, 9.17) is 4.74 Å². The van der Waals surface area contributed by atoms with Crippen molar-refractivity contribution in [1.82, 2.24) is 10.2 Å². The molecule has 0 bridgehead atoms. The highest BCUT2D eigenvalue weighted by Gasteiger charge is 2.09. The second kappa shape index (κ2) is 11.5. The summed E-state index contributed by atoms with van der Waals surface area (Å²) in [5.74, 6) is -0.261. The van der Waals surface area contributed by atoms with Crippen molar-refractivity contribution in [2.24, 2.45) is 0 Å². The summed E-state index contributed by atoms with van der Waals surface area (Å²) in [6.45, 7) is 10.8. The van der Waals surface area contributed by atoms with Gasteiger partial charge in [-0.2, -0.15) is 0 Å². The quantitative estimate of drug-likeness (QED) is 0.711. The van der Waals surface area contributed by atoms with Crippen LogP contribution in [0.3, 0.4) is 0 Å². The van der Waals surface area contributed by atoms with Crippen LogP contribution in [0, 0.1) is 0 Å². The zero-order valence-electron chi connectivity index (χ0n) is 13.2. The number of halogens is 1. The molecule has 120 valence electrons. The van der Waals surface area contributed by atoms with Gasteiger partial charge in [-0.3, -0.25) is 0 Å². The highest BCUT2D eigenvalue weighted by Crippen LogP contribution is 2.01. The van der Waals surface area contributed by atoms with Crippen molar-refractivity contribution >= 4 is 18.4 Å². The molecule has 0 spiro atoms. The molecule has 0 aliphatic rings. The van der Waals surface area contributed by atoms with Crippen LogP contribution in [0.5, 0.6) is 0 Å². The largest absolute Gasteiger partial charge is 0.460 e. The molecule has 0 radical (unpaired) electrons. The fourth-order valence-electron chi connectivity index (χ4n) is 1.93. The van der Waals surface area contributed by atoms with E-state index in [1.807, 2.05) is 25.1 Å². The van der Waals surface area contributed by atoms with Crippen molar-refractivity contribution in [3.05, 3.63) is 35.9 Å². The molecule has 0 aliphatic heterocycles. The normalized spacial score (nSPS) is 11.8. The maximum Gasteiger partial charge on any atom is 0.338 e. The molecule has 5 heteroatoms. The molecule has 1 aromatic carbocycles. The van der Waals surface area contributed by atoms with Gasteiger partial charge in [-0.1, -0.05) is 32.0 Å². The van der Waals surface area contributed by atoms with E-state index < -0.39 is 0 Å². The second-order valence-corrected chi connectivity index (χ2v) is 4.85. The van der Waals surface area contributed by atoms with Crippen molar-refractivity contribution in [2.45, 2.75) is 26.8 Å². The molecule has 0 saturated heterocycles. The molecule has 0 amide bonds. The second-order valence-electron chi connectivity index (χ2n) is 4.85. The number of nitrogens with zero attached hydrogens (tertiary/aromatic N) is 1. The highest BCUT2D eigenvalue weighted by molar-refractivity contribution is 5.89. The predicted octanol–water partition coefficient (Wildman–Crippen LogP) is 2.59. The van der Waals surface area contributed by atoms with Crippen molar-refractivity contribution < 1.29 is 9.53 Å². The Morgan fingerprint density at radius 2 is 1.86 bits per heavy atom. The number of hydrogen-bond acceptors (Lipinski definition) is 4. The molecular weight excluding hydrogens is 288 g/mol. The number of ether oxygens (including phenoxy) is 1. The Bertz CT molecular complexity index is 383. The zero-order chi connectivity index (χ0) is 14.8. The molecular formula is C16H27ClN2O2. The first-order chi connectivity index (χ1) is 9.67. The number of likely N-dealkylation sites (N-methyl/N-ethyl adjacent to an activating group) is 1. The molecule has 1 atom stereocenters. The first-order valence-corrected chi connectivity index (χ1v) is 7.35. The van der Waals surface area contributed by atoms with Crippen LogP contribution in [0.25, 0.3) is 0 Å². The van der Waals surface area contributed by atoms with Crippen LogP contribution in [0.2, 0.25) is 0 Å². The minimum absolute atomic E-state index is 0. The summed E-state index contributed by atoms with van der Waals surface area (Å²) in [5.41, 5.74) is 0.600. The van der Waals surface area contributed by atoms with Crippen LogP contribution < -0.4 is 5.32 Å². The van der Waals surface area contributed by atoms with Gasteiger partial charge in [0.05, 0.1) is 5.56 Å². The van der Waals surface area contributed by atoms with Gasteiger partial charge in [0.1, 0.15) is 6.61 Å². The van der Waals surface area contributed by atoms with Gasteiger partial charge in [0.15, 0.2) is 0 Å². The molecule has 0 fully saturated rings. The summed E-state index contributed by atoms with van der Waals surface area (Å²) < 4.78 is 5.29. The summed E-state index contributed by atoms with van der Waals surface area (Å²) >= 11 is 0. The minimum Gasteiger partial charge on any atom is -0.460 e. The molecule has 0 aliphatic carbocycles. The third kappa shape index (κ3) is 8.05. The van der Waals surface area contributed by atoms with Crippen molar-refractivity contribution in [1.29, 1.82) is 0 Å². The monoisotopic (exact) mass is 314 g/mol. The van der Waals surface area contributed by atoms with E-state index in [2.05, 4.69) is 24.1 Å². The van der Waals surface area contributed by atoms with E-state index in [0.29, 0.717) is 12.2 Å². The van der Waals surface area contributed by atoms with E-state index in [0.717, 1.165) is 26.2 Å². The van der Waals surface area contributed by atoms with Gasteiger partial charge in [0.2, 0.25) is 0 Å². The molecule has 4 nitrogen and oxygen atoms in total. The van der Waals surface area contributed by atoms with E-state index in [-0.39, 0.29) is 24.4 Å². The van der Waals surface area contributed by atoms with Gasteiger partial charge in [-0.15, -0.1) is 12.4 Å². The summed E-state index contributed by atoms with van der Waals surface area (Å²) in [6.07, 6.45) is 0. The van der Waals surface area contributed by atoms with Crippen LogP contribution in [0.1, 0.15) is 31.1 Å². The smallest absolute Gasteiger partial charge is 0.338 e. The summed E-state index contributed by atoms with van der Waals surface area (Å²) in [5, 5.41) is 3.37. The average molecular weight is 315 g/mol. The predicted molar refractivity (Wildman–Crippen MR) is 89.2 cm³/mol. The Balaban J connectivity index is 0.00000400. The zero-order valence-corrected chi connectivity index (χ0v) is 14.0. The Kier molecular flexibility index (Phi) is 10.9. The number of carbonyl (C=O) groups excluding carboxylic acids is 1. The third-order valence-electron chi connectivity index (χ3n) is 3.29. The number of rotatable bonds is 9. The molecule has 1 unspecified atom stereocenters. The van der Waals surface area contributed by atoms with Crippen molar-refractivity contribution in [3.8, 4) is 0 Å². The lowest BCUT2D eigenvalue weighted by Gasteiger charge is -2.20. The molecule has 1 aromatic rings. The maximum absolute atomic E-state index is 11.8. The lowest BCUT2D eigenvalue weighted by atomic mass is 10.2. The Hall–Kier alpha value is -1.10. The van der Waals surface area contributed by atoms with E-state index in [1.54, 1.807) is 12.1 Å². The highest BCUT2D eigenvalue weighted by atomic mass is 35.5. The molecule has 1 N–H and O–H groups in total. The van der Waals surface area contributed by atoms with Gasteiger partial charge in [-0.05, 0) is 32.1 Å². The fourth-order valence-corrected chi connectivity index (χ4v) is 1.93. The van der Waals surface area contributed by atoms with Crippen LogP contribution in [0.15, 0.2) is 30.3 Å². The van der Waals surface area contributed by atoms with Gasteiger partial charge < -0.3 is 15.0 Å². The third-order valence-corrected chi connectivity index (χ3v) is 3.29. The summed E-state index contributed by atoms with van der Waals surface area (Å²) in [6, 6.07) is 9.25. The Morgan fingerprint density at radius 3 is 2.43 bits per heavy atom. The standard InChI is InChI=1S/C16H26N2O2.ClH/c1-4-18(5-2)12-11-17-14(3)13-20-16(19)15-9-7-6-8-10-15;/h6-10,14,17H,4-5,11-13H2,1-3H3;1H. The van der Waals surface area contributed by atoms with Crippen LogP contribution in [-0.4, -0.2) is 49.7 Å². The van der Waals surface area contributed by atoms with Gasteiger partial charge in [-0.25, -0.2) is 4.79 Å². The van der Waals surface area contributed by atoms with Crippen LogP contribution in [-0.2, 0) is 4.74 Å². The molecule has 21 heavy (non-hydrogen) atoms. The van der Waals surface area contributed by atoms with Crippen LogP contribution >= 0.6 is 12.4 Å². The maximum atomic E-state index is 11.8. The first kappa shape index (κ1) is 19.9. The lowest BCUT2D eigenvalue weighted by molar-refractivity contribution is 0.0471. The molecule has 0 heterocycles. The minimum atomic E-state index is -0.261. The fraction of sp³-hybridized carbons (Fsp3) is 0.562. The van der Waals surface area contributed by atoms with E-state index in [1.165, 1.54) is 0 Å². The number of benzene rings is 1. The number of carbonyl (C=O) groups is 1. The first-order valence-electron chi connectivity index (χ1n) is 7.35. The van der Waals surface area contributed by atoms with Crippen LogP contribution in [0.4, 0.5) is 0 Å². The van der Waals surface area contributed by atoms with Gasteiger partial charge in [0, 0.05) is 19.1 Å². The Morgan fingerprint density at radius 1 is 1.24 bits per heavy atom. The molecule has 0 saturated carbocycles. The van der Waals surface area contributed by atoms with Crippen molar-refractivity contribution in [3.63, 3.8) is 0 Å². The summed E-state index contributed by atoms with van der Waals surface area (Å²) in [7, 11) is 0. The lowest BCUT2D eigenvalue weighted by Crippen LogP contribution is -2.38. The number of hydrogen-bond donors (Lipinski definition) is 1. The average Bonchev–Trinajstić information content (AvgIpc) is 2.50. The SMILES string of the molecule is CCN(CC)CCNC(C)COC(=O)c1ccccc1.Cl. The number of esters is 1. The molecule has 1 rings (SSSR count).